The Bertz CT molecular complexity index is 1080. The van der Waals surface area contributed by atoms with E-state index in [4.69, 9.17) is 4.74 Å². The molecule has 7 heteroatoms. The molecule has 3 aliphatic rings. The lowest BCUT2D eigenvalue weighted by Crippen LogP contribution is -2.53. The number of carbonyl (C=O) groups excluding carboxylic acids is 2. The quantitative estimate of drug-likeness (QED) is 0.638. The van der Waals surface area contributed by atoms with Crippen LogP contribution in [0.3, 0.4) is 0 Å². The molecule has 0 spiro atoms. The van der Waals surface area contributed by atoms with Crippen LogP contribution in [0.4, 0.5) is 4.79 Å². The van der Waals surface area contributed by atoms with Crippen LogP contribution in [0.1, 0.15) is 62.0 Å². The predicted molar refractivity (Wildman–Crippen MR) is 131 cm³/mol. The Morgan fingerprint density at radius 3 is 2.20 bits per heavy atom. The van der Waals surface area contributed by atoms with E-state index >= 15 is 0 Å². The average Bonchev–Trinajstić information content (AvgIpc) is 3.50. The number of alkyl carbamates (subject to hydrolysis) is 1. The number of aliphatic carboxylic acids is 1. The molecule has 1 saturated heterocycles. The highest BCUT2D eigenvalue weighted by molar-refractivity contribution is 5.89. The van der Waals surface area contributed by atoms with E-state index in [0.29, 0.717) is 32.2 Å². The number of ether oxygens (including phenoxy) is 1. The number of rotatable bonds is 6. The van der Waals surface area contributed by atoms with Crippen molar-refractivity contribution in [2.24, 2.45) is 5.41 Å². The Morgan fingerprint density at radius 1 is 0.943 bits per heavy atom. The molecule has 2 aliphatic carbocycles. The Balaban J connectivity index is 1.25. The number of benzene rings is 2. The van der Waals surface area contributed by atoms with E-state index in [1.807, 2.05) is 24.3 Å². The van der Waals surface area contributed by atoms with Crippen LogP contribution in [0.15, 0.2) is 48.5 Å². The van der Waals surface area contributed by atoms with Gasteiger partial charge in [-0.05, 0) is 47.9 Å². The van der Waals surface area contributed by atoms with E-state index in [-0.39, 0.29) is 25.0 Å². The van der Waals surface area contributed by atoms with Crippen molar-refractivity contribution in [2.75, 3.05) is 19.7 Å². The molecule has 5 rings (SSSR count). The van der Waals surface area contributed by atoms with Crippen molar-refractivity contribution in [1.29, 1.82) is 0 Å². The van der Waals surface area contributed by atoms with Gasteiger partial charge in [0.05, 0.1) is 5.41 Å². The number of likely N-dealkylation sites (tertiary alicyclic amines) is 1. The highest BCUT2D eigenvalue weighted by Crippen LogP contribution is 2.44. The lowest BCUT2D eigenvalue weighted by Gasteiger charge is -2.39. The van der Waals surface area contributed by atoms with Gasteiger partial charge in [-0.15, -0.1) is 0 Å². The minimum Gasteiger partial charge on any atom is -0.480 e. The smallest absolute Gasteiger partial charge is 0.407 e. The number of hydrogen-bond acceptors (Lipinski definition) is 4. The number of carbonyl (C=O) groups is 3. The topological polar surface area (TPSA) is 95.9 Å². The van der Waals surface area contributed by atoms with Gasteiger partial charge in [-0.25, -0.2) is 9.59 Å². The first kappa shape index (κ1) is 23.4. The summed E-state index contributed by atoms with van der Waals surface area (Å²) in [5.74, 6) is -1.12. The summed E-state index contributed by atoms with van der Waals surface area (Å²) in [5, 5.41) is 12.4. The maximum absolute atomic E-state index is 13.6. The van der Waals surface area contributed by atoms with Crippen LogP contribution >= 0.6 is 0 Å². The molecule has 0 bridgehead atoms. The molecule has 1 heterocycles. The van der Waals surface area contributed by atoms with E-state index in [2.05, 4.69) is 29.6 Å². The standard InChI is InChI=1S/C28H32N2O5/c31-25(32)24-13-8-16-30(24)26(33)28(14-6-1-7-15-28)18-29-27(34)35-17-23-21-11-4-2-9-19(21)20-10-3-5-12-22(20)23/h2-5,9-12,23-24H,1,6-8,13-18H2,(H,29,34)(H,31,32). The molecular formula is C28H32N2O5. The second-order valence-electron chi connectivity index (χ2n) is 10.0. The number of nitrogens with zero attached hydrogens (tertiary/aromatic N) is 1. The van der Waals surface area contributed by atoms with Crippen LogP contribution in [0, 0.1) is 5.41 Å². The minimum absolute atomic E-state index is 0.0284. The summed E-state index contributed by atoms with van der Waals surface area (Å²) in [5.41, 5.74) is 3.87. The zero-order valence-electron chi connectivity index (χ0n) is 19.9. The van der Waals surface area contributed by atoms with Gasteiger partial charge >= 0.3 is 12.1 Å². The van der Waals surface area contributed by atoms with E-state index in [1.165, 1.54) is 16.0 Å². The monoisotopic (exact) mass is 476 g/mol. The summed E-state index contributed by atoms with van der Waals surface area (Å²) in [7, 11) is 0. The zero-order chi connectivity index (χ0) is 24.4. The summed E-state index contributed by atoms with van der Waals surface area (Å²) in [6.07, 6.45) is 4.77. The lowest BCUT2D eigenvalue weighted by atomic mass is 9.72. The molecule has 0 radical (unpaired) electrons. The van der Waals surface area contributed by atoms with E-state index in [0.717, 1.165) is 30.4 Å². The molecule has 2 aromatic rings. The number of carboxylic acid groups (broad SMARTS) is 1. The van der Waals surface area contributed by atoms with Crippen LogP contribution in [-0.2, 0) is 14.3 Å². The second-order valence-corrected chi connectivity index (χ2v) is 10.0. The highest BCUT2D eigenvalue weighted by Gasteiger charge is 2.46. The summed E-state index contributed by atoms with van der Waals surface area (Å²) in [6, 6.07) is 15.6. The van der Waals surface area contributed by atoms with Gasteiger partial charge in [-0.2, -0.15) is 0 Å². The van der Waals surface area contributed by atoms with E-state index < -0.39 is 23.5 Å². The summed E-state index contributed by atoms with van der Waals surface area (Å²) in [4.78, 5) is 39.5. The Labute approximate surface area is 205 Å². The number of amides is 2. The zero-order valence-corrected chi connectivity index (χ0v) is 19.9. The largest absolute Gasteiger partial charge is 0.480 e. The van der Waals surface area contributed by atoms with Gasteiger partial charge in [0.2, 0.25) is 5.91 Å². The third-order valence-corrected chi connectivity index (χ3v) is 7.98. The van der Waals surface area contributed by atoms with Gasteiger partial charge < -0.3 is 20.1 Å². The molecule has 2 aromatic carbocycles. The fourth-order valence-corrected chi connectivity index (χ4v) is 6.16. The lowest BCUT2D eigenvalue weighted by molar-refractivity contribution is -0.154. The fraction of sp³-hybridized carbons (Fsp3) is 0.464. The van der Waals surface area contributed by atoms with Crippen molar-refractivity contribution in [1.82, 2.24) is 10.2 Å². The normalized spacial score (nSPS) is 20.7. The van der Waals surface area contributed by atoms with Crippen molar-refractivity contribution < 1.29 is 24.2 Å². The molecule has 1 saturated carbocycles. The first-order valence-corrected chi connectivity index (χ1v) is 12.6. The summed E-state index contributed by atoms with van der Waals surface area (Å²) >= 11 is 0. The van der Waals surface area contributed by atoms with Gasteiger partial charge in [0.15, 0.2) is 0 Å². The Morgan fingerprint density at radius 2 is 1.57 bits per heavy atom. The van der Waals surface area contributed by atoms with Gasteiger partial charge in [0, 0.05) is 19.0 Å². The molecule has 0 aromatic heterocycles. The second kappa shape index (κ2) is 9.72. The first-order valence-electron chi connectivity index (χ1n) is 12.6. The average molecular weight is 477 g/mol. The number of nitrogens with one attached hydrogen (secondary N) is 1. The van der Waals surface area contributed by atoms with Crippen molar-refractivity contribution in [3.8, 4) is 11.1 Å². The van der Waals surface area contributed by atoms with Gasteiger partial charge in [-0.1, -0.05) is 67.8 Å². The van der Waals surface area contributed by atoms with E-state index in [9.17, 15) is 19.5 Å². The number of carboxylic acids is 1. The minimum atomic E-state index is -0.952. The van der Waals surface area contributed by atoms with Crippen molar-refractivity contribution in [3.05, 3.63) is 59.7 Å². The van der Waals surface area contributed by atoms with Crippen molar-refractivity contribution in [2.45, 2.75) is 56.9 Å². The van der Waals surface area contributed by atoms with Crippen LogP contribution < -0.4 is 5.32 Å². The molecule has 184 valence electrons. The molecule has 7 nitrogen and oxygen atoms in total. The molecule has 2 amide bonds. The molecule has 2 fully saturated rings. The Hall–Kier alpha value is -3.35. The Kier molecular flexibility index (Phi) is 6.50. The van der Waals surface area contributed by atoms with Crippen LogP contribution in [0.2, 0.25) is 0 Å². The summed E-state index contributed by atoms with van der Waals surface area (Å²) in [6.45, 7) is 0.849. The van der Waals surface area contributed by atoms with E-state index in [1.54, 1.807) is 0 Å². The van der Waals surface area contributed by atoms with Gasteiger partial charge in [-0.3, -0.25) is 4.79 Å². The number of fused-ring (bicyclic) bond motifs is 3. The first-order chi connectivity index (χ1) is 17.0. The molecule has 35 heavy (non-hydrogen) atoms. The predicted octanol–water partition coefficient (Wildman–Crippen LogP) is 4.55. The highest BCUT2D eigenvalue weighted by atomic mass is 16.5. The fourth-order valence-electron chi connectivity index (χ4n) is 6.16. The third-order valence-electron chi connectivity index (χ3n) is 7.98. The van der Waals surface area contributed by atoms with Crippen LogP contribution in [0.25, 0.3) is 11.1 Å². The van der Waals surface area contributed by atoms with Crippen molar-refractivity contribution >= 4 is 18.0 Å². The van der Waals surface area contributed by atoms with Gasteiger partial charge in [0.25, 0.3) is 0 Å². The third kappa shape index (κ3) is 4.40. The number of hydrogen-bond donors (Lipinski definition) is 2. The van der Waals surface area contributed by atoms with Crippen LogP contribution in [-0.4, -0.2) is 53.7 Å². The molecule has 2 N–H and O–H groups in total. The maximum Gasteiger partial charge on any atom is 0.407 e. The summed E-state index contributed by atoms with van der Waals surface area (Å²) < 4.78 is 5.67. The molecule has 1 unspecified atom stereocenters. The van der Waals surface area contributed by atoms with Crippen LogP contribution in [0.5, 0.6) is 0 Å². The molecular weight excluding hydrogens is 444 g/mol. The molecule has 1 atom stereocenters. The SMILES string of the molecule is O=C(NCC1(C(=O)N2CCCC2C(=O)O)CCCCC1)OCC1c2ccccc2-c2ccccc21. The van der Waals surface area contributed by atoms with Crippen molar-refractivity contribution in [3.63, 3.8) is 0 Å². The maximum atomic E-state index is 13.6. The molecule has 1 aliphatic heterocycles. The van der Waals surface area contributed by atoms with Gasteiger partial charge in [0.1, 0.15) is 12.6 Å².